The lowest BCUT2D eigenvalue weighted by atomic mass is 10.1. The van der Waals surface area contributed by atoms with Gasteiger partial charge in [0.25, 0.3) is 0 Å². The summed E-state index contributed by atoms with van der Waals surface area (Å²) in [5.41, 5.74) is 0. The van der Waals surface area contributed by atoms with Crippen molar-refractivity contribution in [2.75, 3.05) is 13.2 Å². The highest BCUT2D eigenvalue weighted by atomic mass is 16.5. The number of aliphatic hydroxyl groups excluding tert-OH is 2. The second kappa shape index (κ2) is 9.93. The maximum Gasteiger partial charge on any atom is 0.305 e. The first kappa shape index (κ1) is 14.4. The fraction of sp³-hybridized carbons (Fsp3) is 0.909. The van der Waals surface area contributed by atoms with Crippen molar-refractivity contribution >= 4 is 5.97 Å². The Morgan fingerprint density at radius 2 is 2.07 bits per heavy atom. The van der Waals surface area contributed by atoms with Crippen LogP contribution >= 0.6 is 0 Å². The van der Waals surface area contributed by atoms with Crippen molar-refractivity contribution < 1.29 is 19.7 Å². The molecule has 90 valence electrons. The van der Waals surface area contributed by atoms with Gasteiger partial charge in [-0.25, -0.2) is 0 Å². The molecule has 0 spiro atoms. The third-order valence-corrected chi connectivity index (χ3v) is 2.10. The van der Waals surface area contributed by atoms with E-state index in [-0.39, 0.29) is 12.6 Å². The predicted octanol–water partition coefficient (Wildman–Crippen LogP) is 1.24. The van der Waals surface area contributed by atoms with Crippen LogP contribution in [0.4, 0.5) is 0 Å². The van der Waals surface area contributed by atoms with Crippen LogP contribution in [0.15, 0.2) is 0 Å². The van der Waals surface area contributed by atoms with Crippen molar-refractivity contribution in [3.05, 3.63) is 0 Å². The second-order valence-corrected chi connectivity index (χ2v) is 3.63. The maximum absolute atomic E-state index is 11.0. The van der Waals surface area contributed by atoms with E-state index in [1.165, 1.54) is 0 Å². The highest BCUT2D eigenvalue weighted by Crippen LogP contribution is 2.06. The van der Waals surface area contributed by atoms with Gasteiger partial charge < -0.3 is 14.9 Å². The summed E-state index contributed by atoms with van der Waals surface area (Å²) in [7, 11) is 0. The molecule has 0 aromatic carbocycles. The van der Waals surface area contributed by atoms with Crippen LogP contribution < -0.4 is 0 Å². The second-order valence-electron chi connectivity index (χ2n) is 3.63. The van der Waals surface area contributed by atoms with E-state index in [2.05, 4.69) is 0 Å². The first-order valence-corrected chi connectivity index (χ1v) is 5.65. The number of carbonyl (C=O) groups excluding carboxylic acids is 1. The monoisotopic (exact) mass is 218 g/mol. The molecule has 0 amide bonds. The van der Waals surface area contributed by atoms with Crippen molar-refractivity contribution in [1.82, 2.24) is 0 Å². The average Bonchev–Trinajstić information content (AvgIpc) is 2.22. The Bertz CT molecular complexity index is 159. The topological polar surface area (TPSA) is 66.8 Å². The van der Waals surface area contributed by atoms with E-state index < -0.39 is 6.10 Å². The fourth-order valence-electron chi connectivity index (χ4n) is 1.23. The molecule has 4 nitrogen and oxygen atoms in total. The van der Waals surface area contributed by atoms with Crippen LogP contribution in [0.5, 0.6) is 0 Å². The van der Waals surface area contributed by atoms with Gasteiger partial charge in [-0.3, -0.25) is 4.79 Å². The Hall–Kier alpha value is -0.610. The van der Waals surface area contributed by atoms with E-state index in [1.54, 1.807) is 0 Å². The summed E-state index contributed by atoms with van der Waals surface area (Å²) in [6.07, 6.45) is 3.42. The van der Waals surface area contributed by atoms with Crippen molar-refractivity contribution in [3.63, 3.8) is 0 Å². The highest BCUT2D eigenvalue weighted by molar-refractivity contribution is 5.69. The van der Waals surface area contributed by atoms with Crippen LogP contribution in [0.2, 0.25) is 0 Å². The Balaban J connectivity index is 3.26. The van der Waals surface area contributed by atoms with E-state index in [1.807, 2.05) is 6.92 Å². The number of rotatable bonds is 9. The van der Waals surface area contributed by atoms with Gasteiger partial charge in [-0.15, -0.1) is 0 Å². The number of aliphatic hydroxyl groups is 2. The molecule has 0 unspecified atom stereocenters. The van der Waals surface area contributed by atoms with E-state index in [0.717, 1.165) is 19.3 Å². The van der Waals surface area contributed by atoms with Crippen LogP contribution in [0.1, 0.15) is 45.4 Å². The van der Waals surface area contributed by atoms with Gasteiger partial charge in [0.2, 0.25) is 0 Å². The molecule has 15 heavy (non-hydrogen) atoms. The summed E-state index contributed by atoms with van der Waals surface area (Å²) >= 11 is 0. The highest BCUT2D eigenvalue weighted by Gasteiger charge is 2.05. The van der Waals surface area contributed by atoms with Crippen LogP contribution in [0.25, 0.3) is 0 Å². The van der Waals surface area contributed by atoms with E-state index >= 15 is 0 Å². The Morgan fingerprint density at radius 3 is 2.67 bits per heavy atom. The molecule has 0 radical (unpaired) electrons. The predicted molar refractivity (Wildman–Crippen MR) is 57.4 cm³/mol. The first-order chi connectivity index (χ1) is 7.20. The van der Waals surface area contributed by atoms with Gasteiger partial charge >= 0.3 is 5.97 Å². The first-order valence-electron chi connectivity index (χ1n) is 5.65. The molecule has 0 heterocycles. The summed E-state index contributed by atoms with van der Waals surface area (Å²) < 4.78 is 4.90. The van der Waals surface area contributed by atoms with Gasteiger partial charge in [0.1, 0.15) is 0 Å². The van der Waals surface area contributed by atoms with Crippen molar-refractivity contribution in [3.8, 4) is 0 Å². The van der Waals surface area contributed by atoms with Gasteiger partial charge in [-0.1, -0.05) is 13.3 Å². The molecule has 0 aromatic heterocycles. The third-order valence-electron chi connectivity index (χ3n) is 2.10. The Kier molecular flexibility index (Phi) is 9.52. The van der Waals surface area contributed by atoms with Gasteiger partial charge in [-0.2, -0.15) is 0 Å². The third kappa shape index (κ3) is 9.69. The standard InChI is InChI=1S/C11H22O4/c1-2-9-15-11(14)6-4-3-5-10(13)7-8-12/h10,12-13H,2-9H2,1H3/t10-/m0/s1. The lowest BCUT2D eigenvalue weighted by molar-refractivity contribution is -0.143. The van der Waals surface area contributed by atoms with E-state index in [4.69, 9.17) is 9.84 Å². The minimum atomic E-state index is -0.443. The summed E-state index contributed by atoms with van der Waals surface area (Å²) in [5, 5.41) is 17.8. The molecule has 0 bridgehead atoms. The minimum absolute atomic E-state index is 0.0136. The fourth-order valence-corrected chi connectivity index (χ4v) is 1.23. The Morgan fingerprint density at radius 1 is 1.33 bits per heavy atom. The molecule has 0 aliphatic carbocycles. The Labute approximate surface area is 91.3 Å². The van der Waals surface area contributed by atoms with Crippen molar-refractivity contribution in [2.24, 2.45) is 0 Å². The molecule has 4 heteroatoms. The number of unbranched alkanes of at least 4 members (excludes halogenated alkanes) is 1. The summed E-state index contributed by atoms with van der Waals surface area (Å²) in [4.78, 5) is 11.0. The normalized spacial score (nSPS) is 12.5. The van der Waals surface area contributed by atoms with Gasteiger partial charge in [-0.05, 0) is 25.7 Å². The number of hydrogen-bond acceptors (Lipinski definition) is 4. The van der Waals surface area contributed by atoms with Crippen LogP contribution in [0.3, 0.4) is 0 Å². The molecule has 0 aliphatic rings. The summed E-state index contributed by atoms with van der Waals surface area (Å²) in [6, 6.07) is 0. The molecule has 0 rings (SSSR count). The number of carbonyl (C=O) groups is 1. The van der Waals surface area contributed by atoms with Crippen LogP contribution in [-0.2, 0) is 9.53 Å². The van der Waals surface area contributed by atoms with Gasteiger partial charge in [0, 0.05) is 13.0 Å². The molecule has 1 atom stereocenters. The maximum atomic E-state index is 11.0. The molecule has 0 saturated carbocycles. The molecular formula is C11H22O4. The number of hydrogen-bond donors (Lipinski definition) is 2. The quantitative estimate of drug-likeness (QED) is 0.451. The smallest absolute Gasteiger partial charge is 0.305 e. The zero-order chi connectivity index (χ0) is 11.5. The van der Waals surface area contributed by atoms with Crippen LogP contribution in [-0.4, -0.2) is 35.5 Å². The molecule has 0 aromatic rings. The molecule has 0 fully saturated rings. The molecule has 2 N–H and O–H groups in total. The van der Waals surface area contributed by atoms with E-state index in [0.29, 0.717) is 25.9 Å². The zero-order valence-corrected chi connectivity index (χ0v) is 9.45. The van der Waals surface area contributed by atoms with Gasteiger partial charge in [0.05, 0.1) is 12.7 Å². The number of ether oxygens (including phenoxy) is 1. The van der Waals surface area contributed by atoms with Gasteiger partial charge in [0.15, 0.2) is 0 Å². The van der Waals surface area contributed by atoms with Crippen molar-refractivity contribution in [2.45, 2.75) is 51.6 Å². The van der Waals surface area contributed by atoms with Crippen LogP contribution in [0, 0.1) is 0 Å². The molecule has 0 saturated heterocycles. The van der Waals surface area contributed by atoms with Crippen molar-refractivity contribution in [1.29, 1.82) is 0 Å². The average molecular weight is 218 g/mol. The SMILES string of the molecule is CCCOC(=O)CCCC[C@H](O)CCO. The summed E-state index contributed by atoms with van der Waals surface area (Å²) in [5.74, 6) is -0.159. The molecule has 0 aliphatic heterocycles. The zero-order valence-electron chi connectivity index (χ0n) is 9.45. The van der Waals surface area contributed by atoms with E-state index in [9.17, 15) is 9.90 Å². The lowest BCUT2D eigenvalue weighted by Gasteiger charge is -2.07. The number of esters is 1. The minimum Gasteiger partial charge on any atom is -0.466 e. The summed E-state index contributed by atoms with van der Waals surface area (Å²) in [6.45, 7) is 2.46. The largest absolute Gasteiger partial charge is 0.466 e. The lowest BCUT2D eigenvalue weighted by Crippen LogP contribution is -2.09. The molecular weight excluding hydrogens is 196 g/mol.